The first-order valence-electron chi connectivity index (χ1n) is 8.16. The fourth-order valence-corrected chi connectivity index (χ4v) is 4.09. The summed E-state index contributed by atoms with van der Waals surface area (Å²) in [6.45, 7) is 3.45. The van der Waals surface area contributed by atoms with Crippen molar-refractivity contribution in [1.29, 1.82) is 0 Å². The Balaban J connectivity index is 1.82. The van der Waals surface area contributed by atoms with Crippen LogP contribution in [-0.2, 0) is 5.41 Å². The highest BCUT2D eigenvalue weighted by Crippen LogP contribution is 2.54. The molecule has 2 aliphatic rings. The van der Waals surface area contributed by atoms with Crippen molar-refractivity contribution in [2.45, 2.75) is 63.3 Å². The van der Waals surface area contributed by atoms with Gasteiger partial charge in [-0.1, -0.05) is 50.1 Å². The molecular formula is C18H27N. The van der Waals surface area contributed by atoms with Gasteiger partial charge in [0, 0.05) is 11.5 Å². The predicted molar refractivity (Wildman–Crippen MR) is 81.4 cm³/mol. The van der Waals surface area contributed by atoms with Crippen molar-refractivity contribution in [3.63, 3.8) is 0 Å². The molecule has 1 unspecified atom stereocenters. The van der Waals surface area contributed by atoms with Crippen LogP contribution < -0.4 is 5.32 Å². The number of hydrogen-bond donors (Lipinski definition) is 1. The van der Waals surface area contributed by atoms with Gasteiger partial charge in [-0.15, -0.1) is 0 Å². The average Bonchev–Trinajstić information content (AvgIpc) is 3.08. The summed E-state index contributed by atoms with van der Waals surface area (Å²) in [6, 6.07) is 12.0. The Morgan fingerprint density at radius 2 is 1.84 bits per heavy atom. The molecule has 3 rings (SSSR count). The average molecular weight is 257 g/mol. The molecule has 2 saturated carbocycles. The maximum absolute atomic E-state index is 3.91. The summed E-state index contributed by atoms with van der Waals surface area (Å²) in [4.78, 5) is 0. The van der Waals surface area contributed by atoms with Crippen molar-refractivity contribution in [3.8, 4) is 0 Å². The van der Waals surface area contributed by atoms with Crippen LogP contribution in [-0.4, -0.2) is 12.6 Å². The van der Waals surface area contributed by atoms with E-state index in [0.29, 0.717) is 5.41 Å². The molecule has 0 amide bonds. The first-order chi connectivity index (χ1) is 9.37. The standard InChI is InChI=1S/C18H27N/c1-2-14-19-17(15-8-6-7-9-15)18(12-13-18)16-10-4-3-5-11-16/h3-5,10-11,15,17,19H,2,6-9,12-14H2,1H3. The maximum Gasteiger partial charge on any atom is 0.0192 e. The van der Waals surface area contributed by atoms with Gasteiger partial charge in [-0.2, -0.15) is 0 Å². The van der Waals surface area contributed by atoms with Crippen LogP contribution >= 0.6 is 0 Å². The van der Waals surface area contributed by atoms with Crippen LogP contribution in [0.5, 0.6) is 0 Å². The van der Waals surface area contributed by atoms with Crippen molar-refractivity contribution < 1.29 is 0 Å². The van der Waals surface area contributed by atoms with E-state index in [1.54, 1.807) is 5.56 Å². The van der Waals surface area contributed by atoms with Crippen LogP contribution in [0.4, 0.5) is 0 Å². The summed E-state index contributed by atoms with van der Waals surface area (Å²) in [5, 5.41) is 3.91. The highest BCUT2D eigenvalue weighted by Gasteiger charge is 2.52. The van der Waals surface area contributed by atoms with Gasteiger partial charge in [0.1, 0.15) is 0 Å². The monoisotopic (exact) mass is 257 g/mol. The Kier molecular flexibility index (Phi) is 3.93. The molecule has 0 spiro atoms. The lowest BCUT2D eigenvalue weighted by molar-refractivity contribution is 0.296. The van der Waals surface area contributed by atoms with Crippen LogP contribution in [0.15, 0.2) is 30.3 Å². The summed E-state index contributed by atoms with van der Waals surface area (Å²) >= 11 is 0. The van der Waals surface area contributed by atoms with E-state index in [0.717, 1.165) is 12.0 Å². The summed E-state index contributed by atoms with van der Waals surface area (Å²) in [5.74, 6) is 0.911. The molecule has 2 aliphatic carbocycles. The molecule has 1 atom stereocenters. The van der Waals surface area contributed by atoms with E-state index in [-0.39, 0.29) is 0 Å². The number of hydrogen-bond acceptors (Lipinski definition) is 1. The Labute approximate surface area is 117 Å². The second-order valence-electron chi connectivity index (χ2n) is 6.50. The van der Waals surface area contributed by atoms with Crippen molar-refractivity contribution in [1.82, 2.24) is 5.32 Å². The molecule has 1 aromatic carbocycles. The lowest BCUT2D eigenvalue weighted by Gasteiger charge is -2.33. The fraction of sp³-hybridized carbons (Fsp3) is 0.667. The molecule has 1 nitrogen and oxygen atoms in total. The second-order valence-corrected chi connectivity index (χ2v) is 6.50. The van der Waals surface area contributed by atoms with Gasteiger partial charge >= 0.3 is 0 Å². The van der Waals surface area contributed by atoms with Crippen LogP contribution in [0.3, 0.4) is 0 Å². The van der Waals surface area contributed by atoms with Gasteiger partial charge in [-0.05, 0) is 50.1 Å². The maximum atomic E-state index is 3.91. The van der Waals surface area contributed by atoms with Gasteiger partial charge in [0.25, 0.3) is 0 Å². The Bertz CT molecular complexity index is 387. The van der Waals surface area contributed by atoms with Gasteiger partial charge in [0.15, 0.2) is 0 Å². The number of benzene rings is 1. The lowest BCUT2D eigenvalue weighted by atomic mass is 9.79. The first kappa shape index (κ1) is 13.2. The Morgan fingerprint density at radius 1 is 1.16 bits per heavy atom. The zero-order valence-electron chi connectivity index (χ0n) is 12.2. The van der Waals surface area contributed by atoms with E-state index < -0.39 is 0 Å². The minimum absolute atomic E-state index is 0.464. The van der Waals surface area contributed by atoms with Gasteiger partial charge in [0.2, 0.25) is 0 Å². The van der Waals surface area contributed by atoms with Crippen LogP contribution in [0.1, 0.15) is 57.4 Å². The molecule has 2 fully saturated rings. The molecule has 0 saturated heterocycles. The van der Waals surface area contributed by atoms with E-state index in [1.165, 1.54) is 51.5 Å². The largest absolute Gasteiger partial charge is 0.313 e. The highest BCUT2D eigenvalue weighted by molar-refractivity contribution is 5.34. The van der Waals surface area contributed by atoms with Gasteiger partial charge in [-0.3, -0.25) is 0 Å². The molecule has 0 radical (unpaired) electrons. The SMILES string of the molecule is CCCNC(C1CCCC1)C1(c2ccccc2)CC1. The van der Waals surface area contributed by atoms with Crippen molar-refractivity contribution in [2.24, 2.45) is 5.92 Å². The minimum atomic E-state index is 0.464. The third-order valence-corrected chi connectivity index (χ3v) is 5.22. The van der Waals surface area contributed by atoms with Crippen LogP contribution in [0.25, 0.3) is 0 Å². The third-order valence-electron chi connectivity index (χ3n) is 5.22. The van der Waals surface area contributed by atoms with E-state index in [4.69, 9.17) is 0 Å². The summed E-state index contributed by atoms with van der Waals surface area (Å²) < 4.78 is 0. The molecule has 0 aromatic heterocycles. The molecule has 1 aromatic rings. The number of rotatable bonds is 6. The molecule has 1 N–H and O–H groups in total. The molecule has 1 heteroatoms. The van der Waals surface area contributed by atoms with Crippen molar-refractivity contribution in [3.05, 3.63) is 35.9 Å². The third kappa shape index (κ3) is 2.58. The van der Waals surface area contributed by atoms with E-state index >= 15 is 0 Å². The molecule has 0 heterocycles. The smallest absolute Gasteiger partial charge is 0.0192 e. The zero-order valence-corrected chi connectivity index (χ0v) is 12.2. The zero-order chi connectivity index (χ0) is 13.1. The molecule has 19 heavy (non-hydrogen) atoms. The first-order valence-corrected chi connectivity index (χ1v) is 8.16. The molecule has 0 bridgehead atoms. The summed E-state index contributed by atoms with van der Waals surface area (Å²) in [5.41, 5.74) is 2.04. The minimum Gasteiger partial charge on any atom is -0.313 e. The Morgan fingerprint density at radius 3 is 2.42 bits per heavy atom. The van der Waals surface area contributed by atoms with Gasteiger partial charge in [0.05, 0.1) is 0 Å². The van der Waals surface area contributed by atoms with Crippen molar-refractivity contribution >= 4 is 0 Å². The normalized spacial score (nSPS) is 23.4. The molecular weight excluding hydrogens is 230 g/mol. The Hall–Kier alpha value is -0.820. The quantitative estimate of drug-likeness (QED) is 0.802. The van der Waals surface area contributed by atoms with E-state index in [9.17, 15) is 0 Å². The van der Waals surface area contributed by atoms with Gasteiger partial charge < -0.3 is 5.32 Å². The van der Waals surface area contributed by atoms with Gasteiger partial charge in [-0.25, -0.2) is 0 Å². The van der Waals surface area contributed by atoms with E-state index in [2.05, 4.69) is 42.6 Å². The predicted octanol–water partition coefficient (Wildman–Crippen LogP) is 4.28. The second kappa shape index (κ2) is 5.66. The number of nitrogens with one attached hydrogen (secondary N) is 1. The topological polar surface area (TPSA) is 12.0 Å². The van der Waals surface area contributed by atoms with E-state index in [1.807, 2.05) is 0 Å². The highest BCUT2D eigenvalue weighted by atomic mass is 15.0. The van der Waals surface area contributed by atoms with Crippen LogP contribution in [0, 0.1) is 5.92 Å². The summed E-state index contributed by atoms with van der Waals surface area (Å²) in [6.07, 6.45) is 9.78. The fourth-order valence-electron chi connectivity index (χ4n) is 4.09. The summed E-state index contributed by atoms with van der Waals surface area (Å²) in [7, 11) is 0. The molecule has 104 valence electrons. The van der Waals surface area contributed by atoms with Crippen molar-refractivity contribution in [2.75, 3.05) is 6.54 Å². The van der Waals surface area contributed by atoms with Crippen LogP contribution in [0.2, 0.25) is 0 Å². The lowest BCUT2D eigenvalue weighted by Crippen LogP contribution is -2.45. The molecule has 0 aliphatic heterocycles.